The fourth-order valence-corrected chi connectivity index (χ4v) is 9.14. The zero-order chi connectivity index (χ0) is 58.5. The molecule has 0 bridgehead atoms. The van der Waals surface area contributed by atoms with E-state index in [1.165, 1.54) is 122 Å². The summed E-state index contributed by atoms with van der Waals surface area (Å²) >= 11 is 0. The summed E-state index contributed by atoms with van der Waals surface area (Å²) in [5.41, 5.74) is 0. The minimum atomic E-state index is -0.795. The SMILES string of the molecule is CC/C=C\C/C=C\C/C=C\C/C=C\C/C=C\C/C=C\C/C=C\CCCCCCCCCCCC(=O)OCC(COC(=O)CCCCCCC/C=C\CCCCCCCC)OC(=O)CCCCCCCCC/C=C\C/C=C\C/C=C\CC. The summed E-state index contributed by atoms with van der Waals surface area (Å²) < 4.78 is 16.9. The second-order valence-electron chi connectivity index (χ2n) is 22.0. The van der Waals surface area contributed by atoms with Crippen LogP contribution in [0.15, 0.2) is 134 Å². The molecule has 0 N–H and O–H groups in total. The first-order valence-corrected chi connectivity index (χ1v) is 33.7. The Morgan fingerprint density at radius 3 is 0.765 bits per heavy atom. The van der Waals surface area contributed by atoms with Gasteiger partial charge in [0, 0.05) is 19.3 Å². The molecule has 0 aromatic rings. The topological polar surface area (TPSA) is 78.9 Å². The lowest BCUT2D eigenvalue weighted by Crippen LogP contribution is -2.30. The summed E-state index contributed by atoms with van der Waals surface area (Å²) in [6.07, 6.45) is 96.0. The van der Waals surface area contributed by atoms with Crippen LogP contribution in [-0.4, -0.2) is 37.2 Å². The van der Waals surface area contributed by atoms with Gasteiger partial charge < -0.3 is 14.2 Å². The molecule has 0 aliphatic heterocycles. The monoisotopic (exact) mass is 1120 g/mol. The molecule has 0 rings (SSSR count). The van der Waals surface area contributed by atoms with Gasteiger partial charge in [-0.15, -0.1) is 0 Å². The first kappa shape index (κ1) is 76.5. The molecule has 0 aromatic carbocycles. The Morgan fingerprint density at radius 2 is 0.481 bits per heavy atom. The molecular formula is C75H124O6. The highest BCUT2D eigenvalue weighted by molar-refractivity contribution is 5.71. The predicted octanol–water partition coefficient (Wildman–Crippen LogP) is 23.3. The Balaban J connectivity index is 4.33. The molecule has 0 radical (unpaired) electrons. The van der Waals surface area contributed by atoms with Gasteiger partial charge in [0.25, 0.3) is 0 Å². The average Bonchev–Trinajstić information content (AvgIpc) is 3.47. The molecule has 6 nitrogen and oxygen atoms in total. The average molecular weight is 1120 g/mol. The summed E-state index contributed by atoms with van der Waals surface area (Å²) in [6.45, 7) is 6.41. The van der Waals surface area contributed by atoms with E-state index in [2.05, 4.69) is 154 Å². The van der Waals surface area contributed by atoms with Crippen LogP contribution in [0.2, 0.25) is 0 Å². The van der Waals surface area contributed by atoms with Gasteiger partial charge in [-0.2, -0.15) is 0 Å². The third kappa shape index (κ3) is 66.2. The first-order valence-electron chi connectivity index (χ1n) is 33.7. The van der Waals surface area contributed by atoms with Crippen LogP contribution in [0.4, 0.5) is 0 Å². The van der Waals surface area contributed by atoms with Gasteiger partial charge in [-0.05, 0) is 135 Å². The number of hydrogen-bond acceptors (Lipinski definition) is 6. The van der Waals surface area contributed by atoms with Crippen LogP contribution in [-0.2, 0) is 28.6 Å². The molecule has 81 heavy (non-hydrogen) atoms. The lowest BCUT2D eigenvalue weighted by Gasteiger charge is -2.18. The fourth-order valence-electron chi connectivity index (χ4n) is 9.14. The summed E-state index contributed by atoms with van der Waals surface area (Å²) in [4.78, 5) is 38.4. The molecule has 0 spiro atoms. The number of carbonyl (C=O) groups excluding carboxylic acids is 3. The van der Waals surface area contributed by atoms with Crippen LogP contribution >= 0.6 is 0 Å². The number of allylic oxidation sites excluding steroid dienone is 22. The van der Waals surface area contributed by atoms with Gasteiger partial charge in [-0.1, -0.05) is 283 Å². The maximum Gasteiger partial charge on any atom is 0.306 e. The number of ether oxygens (including phenoxy) is 3. The Hall–Kier alpha value is -4.45. The quantitative estimate of drug-likeness (QED) is 0.0261. The van der Waals surface area contributed by atoms with Crippen molar-refractivity contribution < 1.29 is 28.6 Å². The molecule has 0 saturated heterocycles. The van der Waals surface area contributed by atoms with Crippen LogP contribution in [0.5, 0.6) is 0 Å². The van der Waals surface area contributed by atoms with E-state index >= 15 is 0 Å². The van der Waals surface area contributed by atoms with Crippen molar-refractivity contribution in [3.63, 3.8) is 0 Å². The fraction of sp³-hybridized carbons (Fsp3) is 0.667. The normalized spacial score (nSPS) is 13.0. The molecule has 460 valence electrons. The molecule has 0 fully saturated rings. The van der Waals surface area contributed by atoms with E-state index in [4.69, 9.17) is 14.2 Å². The molecule has 0 aromatic heterocycles. The van der Waals surface area contributed by atoms with Gasteiger partial charge in [0.05, 0.1) is 0 Å². The van der Waals surface area contributed by atoms with Crippen LogP contribution in [0, 0.1) is 0 Å². The summed E-state index contributed by atoms with van der Waals surface area (Å²) in [5.74, 6) is -0.908. The van der Waals surface area contributed by atoms with Crippen molar-refractivity contribution in [1.82, 2.24) is 0 Å². The zero-order valence-corrected chi connectivity index (χ0v) is 52.8. The van der Waals surface area contributed by atoms with E-state index in [1.54, 1.807) is 0 Å². The lowest BCUT2D eigenvalue weighted by molar-refractivity contribution is -0.167. The van der Waals surface area contributed by atoms with E-state index in [0.717, 1.165) is 141 Å². The van der Waals surface area contributed by atoms with E-state index < -0.39 is 6.10 Å². The molecule has 0 saturated carbocycles. The standard InChI is InChI=1S/C75H124O6/c1-4-7-10-13-16-19-22-25-28-30-31-32-33-34-35-36-37-38-39-40-41-42-43-45-47-50-53-56-59-62-65-68-74(77)80-71-72(70-79-73(76)67-64-61-58-55-52-49-46-27-24-21-18-15-12-9-6-3)81-75(78)69-66-63-60-57-54-51-48-44-29-26-23-20-17-14-11-8-5-2/h7-8,10-11,16-17,19-20,25-29,31-32,34-35,37-38,40-41,46,72H,4-6,9,12-15,18,21-24,30,33,36,39,42-45,47-71H2,1-3H3/b10-7-,11-8-,19-16-,20-17-,28-25-,29-26-,32-31-,35-34-,38-37-,41-40-,46-27-. The molecular weight excluding hydrogens is 997 g/mol. The third-order valence-electron chi connectivity index (χ3n) is 14.1. The molecule has 1 atom stereocenters. The third-order valence-corrected chi connectivity index (χ3v) is 14.1. The van der Waals surface area contributed by atoms with Crippen LogP contribution in [0.1, 0.15) is 303 Å². The minimum Gasteiger partial charge on any atom is -0.462 e. The maximum absolute atomic E-state index is 12.9. The van der Waals surface area contributed by atoms with Crippen molar-refractivity contribution in [2.24, 2.45) is 0 Å². The van der Waals surface area contributed by atoms with Crippen LogP contribution in [0.25, 0.3) is 0 Å². The van der Waals surface area contributed by atoms with Crippen molar-refractivity contribution in [2.75, 3.05) is 13.2 Å². The minimum absolute atomic E-state index is 0.0900. The Labute approximate surface area is 500 Å². The number of carbonyl (C=O) groups is 3. The van der Waals surface area contributed by atoms with Crippen molar-refractivity contribution >= 4 is 17.9 Å². The van der Waals surface area contributed by atoms with Crippen LogP contribution in [0.3, 0.4) is 0 Å². The molecule has 0 amide bonds. The molecule has 0 aliphatic carbocycles. The summed E-state index contributed by atoms with van der Waals surface area (Å²) in [6, 6.07) is 0. The second-order valence-corrected chi connectivity index (χ2v) is 22.0. The summed E-state index contributed by atoms with van der Waals surface area (Å²) in [7, 11) is 0. The van der Waals surface area contributed by atoms with Gasteiger partial charge in [0.2, 0.25) is 0 Å². The highest BCUT2D eigenvalue weighted by atomic mass is 16.6. The molecule has 6 heteroatoms. The predicted molar refractivity (Wildman–Crippen MR) is 353 cm³/mol. The Bertz CT molecular complexity index is 1720. The second kappa shape index (κ2) is 68.1. The Morgan fingerprint density at radius 1 is 0.259 bits per heavy atom. The summed E-state index contributed by atoms with van der Waals surface area (Å²) in [5, 5.41) is 0. The van der Waals surface area contributed by atoms with Crippen LogP contribution < -0.4 is 0 Å². The number of rotatable bonds is 60. The largest absolute Gasteiger partial charge is 0.462 e. The van der Waals surface area contributed by atoms with Gasteiger partial charge in [-0.25, -0.2) is 0 Å². The number of unbranched alkanes of at least 4 members (excludes halogenated alkanes) is 27. The Kier molecular flexibility index (Phi) is 64.3. The molecule has 0 heterocycles. The smallest absolute Gasteiger partial charge is 0.306 e. The lowest BCUT2D eigenvalue weighted by atomic mass is 10.1. The van der Waals surface area contributed by atoms with Gasteiger partial charge in [-0.3, -0.25) is 14.4 Å². The molecule has 0 aliphatic rings. The number of hydrogen-bond donors (Lipinski definition) is 0. The highest BCUT2D eigenvalue weighted by Gasteiger charge is 2.19. The van der Waals surface area contributed by atoms with Crippen molar-refractivity contribution in [1.29, 1.82) is 0 Å². The molecule has 1 unspecified atom stereocenters. The van der Waals surface area contributed by atoms with Gasteiger partial charge in [0.15, 0.2) is 6.10 Å². The van der Waals surface area contributed by atoms with E-state index in [0.29, 0.717) is 19.3 Å². The van der Waals surface area contributed by atoms with Gasteiger partial charge >= 0.3 is 17.9 Å². The van der Waals surface area contributed by atoms with Crippen molar-refractivity contribution in [2.45, 2.75) is 309 Å². The van der Waals surface area contributed by atoms with Crippen molar-refractivity contribution in [3.8, 4) is 0 Å². The van der Waals surface area contributed by atoms with Gasteiger partial charge in [0.1, 0.15) is 13.2 Å². The first-order chi connectivity index (χ1) is 40.0. The highest BCUT2D eigenvalue weighted by Crippen LogP contribution is 2.16. The zero-order valence-electron chi connectivity index (χ0n) is 52.8. The maximum atomic E-state index is 12.9. The number of esters is 3. The van der Waals surface area contributed by atoms with E-state index in [1.807, 2.05) is 0 Å². The van der Waals surface area contributed by atoms with E-state index in [-0.39, 0.29) is 31.1 Å². The van der Waals surface area contributed by atoms with Crippen molar-refractivity contribution in [3.05, 3.63) is 134 Å². The van der Waals surface area contributed by atoms with E-state index in [9.17, 15) is 14.4 Å².